The van der Waals surface area contributed by atoms with Crippen LogP contribution in [0.3, 0.4) is 0 Å². The molecule has 0 amide bonds. The lowest BCUT2D eigenvalue weighted by Gasteiger charge is -2.12. The quantitative estimate of drug-likeness (QED) is 0.440. The van der Waals surface area contributed by atoms with E-state index >= 15 is 0 Å². The van der Waals surface area contributed by atoms with Crippen LogP contribution in [0.25, 0.3) is 0 Å². The van der Waals surface area contributed by atoms with Gasteiger partial charge >= 0.3 is 0 Å². The fraction of sp³-hybridized carbons (Fsp3) is 0.350. The van der Waals surface area contributed by atoms with Gasteiger partial charge in [0.15, 0.2) is 5.96 Å². The zero-order valence-electron chi connectivity index (χ0n) is 14.9. The lowest BCUT2D eigenvalue weighted by Crippen LogP contribution is -2.38. The molecule has 0 saturated heterocycles. The molecule has 0 fully saturated rings. The van der Waals surface area contributed by atoms with Gasteiger partial charge in [0.2, 0.25) is 0 Å². The Labute approximate surface area is 149 Å². The van der Waals surface area contributed by atoms with Crippen molar-refractivity contribution in [1.82, 2.24) is 10.6 Å². The summed E-state index contributed by atoms with van der Waals surface area (Å²) >= 11 is 0. The molecule has 25 heavy (non-hydrogen) atoms. The van der Waals surface area contributed by atoms with E-state index in [0.717, 1.165) is 31.1 Å². The Morgan fingerprint density at radius 1 is 1.04 bits per heavy atom. The third kappa shape index (κ3) is 6.45. The Morgan fingerprint density at radius 2 is 1.84 bits per heavy atom. The minimum atomic E-state index is -0.162. The van der Waals surface area contributed by atoms with E-state index < -0.39 is 0 Å². The van der Waals surface area contributed by atoms with Crippen LogP contribution in [0.2, 0.25) is 0 Å². The van der Waals surface area contributed by atoms with Gasteiger partial charge in [-0.25, -0.2) is 4.39 Å². The molecular formula is C20H26FN3O. The topological polar surface area (TPSA) is 45.7 Å². The van der Waals surface area contributed by atoms with Crippen molar-refractivity contribution in [1.29, 1.82) is 0 Å². The molecule has 0 aliphatic heterocycles. The highest BCUT2D eigenvalue weighted by atomic mass is 19.1. The fourth-order valence-electron chi connectivity index (χ4n) is 2.56. The van der Waals surface area contributed by atoms with E-state index in [0.29, 0.717) is 18.5 Å². The molecule has 134 valence electrons. The molecule has 2 aromatic carbocycles. The molecule has 4 nitrogen and oxygen atoms in total. The number of hydrogen-bond donors (Lipinski definition) is 2. The van der Waals surface area contributed by atoms with Crippen LogP contribution in [0.5, 0.6) is 5.75 Å². The molecule has 0 heterocycles. The van der Waals surface area contributed by atoms with Crippen LogP contribution in [-0.4, -0.2) is 33.2 Å². The number of nitrogens with zero attached hydrogens (tertiary/aromatic N) is 1. The number of aryl methyl sites for hydroxylation is 1. The van der Waals surface area contributed by atoms with Gasteiger partial charge in [-0.15, -0.1) is 0 Å². The summed E-state index contributed by atoms with van der Waals surface area (Å²) in [6, 6.07) is 15.0. The molecule has 2 aromatic rings. The summed E-state index contributed by atoms with van der Waals surface area (Å²) in [5.74, 6) is 1.46. The summed E-state index contributed by atoms with van der Waals surface area (Å²) in [6.45, 7) is 1.45. The second-order valence-corrected chi connectivity index (χ2v) is 5.72. The number of benzene rings is 2. The number of guanidine groups is 1. The van der Waals surface area contributed by atoms with Crippen molar-refractivity contribution in [3.8, 4) is 5.75 Å². The van der Waals surface area contributed by atoms with E-state index in [4.69, 9.17) is 4.74 Å². The number of ether oxygens (including phenoxy) is 1. The number of rotatable bonds is 8. The van der Waals surface area contributed by atoms with Gasteiger partial charge in [0.1, 0.15) is 11.6 Å². The largest absolute Gasteiger partial charge is 0.497 e. The lowest BCUT2D eigenvalue weighted by molar-refractivity contribution is 0.414. The Bertz CT molecular complexity index is 688. The molecule has 2 rings (SSSR count). The standard InChI is InChI=1S/C20H26FN3O/c1-22-20(24-14-12-17-9-3-4-11-19(17)21)23-13-6-8-16-7-5-10-18(15-16)25-2/h3-5,7,9-11,15H,6,8,12-14H2,1-2H3,(H2,22,23,24). The third-order valence-corrected chi connectivity index (χ3v) is 3.94. The van der Waals surface area contributed by atoms with E-state index in [2.05, 4.69) is 27.8 Å². The van der Waals surface area contributed by atoms with E-state index in [1.54, 1.807) is 26.3 Å². The maximum Gasteiger partial charge on any atom is 0.190 e. The monoisotopic (exact) mass is 343 g/mol. The van der Waals surface area contributed by atoms with E-state index in [1.807, 2.05) is 18.2 Å². The molecule has 0 aliphatic carbocycles. The molecule has 0 saturated carbocycles. The van der Waals surface area contributed by atoms with Crippen molar-refractivity contribution in [2.24, 2.45) is 4.99 Å². The molecule has 5 heteroatoms. The highest BCUT2D eigenvalue weighted by molar-refractivity contribution is 5.79. The number of aliphatic imine (C=N–C) groups is 1. The van der Waals surface area contributed by atoms with Crippen molar-refractivity contribution >= 4 is 5.96 Å². The smallest absolute Gasteiger partial charge is 0.190 e. The number of halogens is 1. The second kappa shape index (κ2) is 10.3. The maximum absolute atomic E-state index is 13.6. The summed E-state index contributed by atoms with van der Waals surface area (Å²) in [4.78, 5) is 4.19. The summed E-state index contributed by atoms with van der Waals surface area (Å²) < 4.78 is 18.8. The van der Waals surface area contributed by atoms with Crippen LogP contribution < -0.4 is 15.4 Å². The number of hydrogen-bond acceptors (Lipinski definition) is 2. The lowest BCUT2D eigenvalue weighted by atomic mass is 10.1. The fourth-order valence-corrected chi connectivity index (χ4v) is 2.56. The molecule has 0 spiro atoms. The molecular weight excluding hydrogens is 317 g/mol. The van der Waals surface area contributed by atoms with Gasteiger partial charge in [-0.05, 0) is 48.6 Å². The van der Waals surface area contributed by atoms with E-state index in [1.165, 1.54) is 11.6 Å². The van der Waals surface area contributed by atoms with Crippen LogP contribution in [0, 0.1) is 5.82 Å². The van der Waals surface area contributed by atoms with Gasteiger partial charge < -0.3 is 15.4 Å². The Kier molecular flexibility index (Phi) is 7.76. The van der Waals surface area contributed by atoms with Gasteiger partial charge in [-0.1, -0.05) is 30.3 Å². The third-order valence-electron chi connectivity index (χ3n) is 3.94. The van der Waals surface area contributed by atoms with Gasteiger partial charge in [0.25, 0.3) is 0 Å². The summed E-state index contributed by atoms with van der Waals surface area (Å²) in [6.07, 6.45) is 2.58. The van der Waals surface area contributed by atoms with Crippen LogP contribution in [0.1, 0.15) is 17.5 Å². The average molecular weight is 343 g/mol. The maximum atomic E-state index is 13.6. The zero-order valence-corrected chi connectivity index (χ0v) is 14.9. The molecule has 0 aromatic heterocycles. The van der Waals surface area contributed by atoms with Gasteiger partial charge in [0.05, 0.1) is 7.11 Å². The predicted molar refractivity (Wildman–Crippen MR) is 101 cm³/mol. The van der Waals surface area contributed by atoms with Crippen LogP contribution >= 0.6 is 0 Å². The first-order valence-corrected chi connectivity index (χ1v) is 8.54. The highest BCUT2D eigenvalue weighted by Crippen LogP contribution is 2.13. The highest BCUT2D eigenvalue weighted by Gasteiger charge is 2.02. The Balaban J connectivity index is 1.67. The van der Waals surface area contributed by atoms with Crippen molar-refractivity contribution in [3.05, 3.63) is 65.5 Å². The molecule has 0 unspecified atom stereocenters. The van der Waals surface area contributed by atoms with Gasteiger partial charge in [0, 0.05) is 20.1 Å². The van der Waals surface area contributed by atoms with Crippen LogP contribution in [-0.2, 0) is 12.8 Å². The number of nitrogens with one attached hydrogen (secondary N) is 2. The van der Waals surface area contributed by atoms with Crippen molar-refractivity contribution in [3.63, 3.8) is 0 Å². The first-order chi connectivity index (χ1) is 12.2. The van der Waals surface area contributed by atoms with E-state index in [-0.39, 0.29) is 5.82 Å². The summed E-state index contributed by atoms with van der Waals surface area (Å²) in [7, 11) is 3.41. The second-order valence-electron chi connectivity index (χ2n) is 5.72. The molecule has 0 aliphatic rings. The molecule has 0 atom stereocenters. The predicted octanol–water partition coefficient (Wildman–Crippen LogP) is 3.17. The Hall–Kier alpha value is -2.56. The minimum Gasteiger partial charge on any atom is -0.497 e. The molecule has 0 radical (unpaired) electrons. The van der Waals surface area contributed by atoms with Crippen LogP contribution in [0.4, 0.5) is 4.39 Å². The van der Waals surface area contributed by atoms with Gasteiger partial charge in [-0.3, -0.25) is 4.99 Å². The van der Waals surface area contributed by atoms with Crippen molar-refractivity contribution in [2.75, 3.05) is 27.2 Å². The van der Waals surface area contributed by atoms with Crippen molar-refractivity contribution < 1.29 is 9.13 Å². The first-order valence-electron chi connectivity index (χ1n) is 8.54. The van der Waals surface area contributed by atoms with Crippen molar-refractivity contribution in [2.45, 2.75) is 19.3 Å². The molecule has 0 bridgehead atoms. The first kappa shape index (κ1) is 18.8. The Morgan fingerprint density at radius 3 is 2.60 bits per heavy atom. The zero-order chi connectivity index (χ0) is 17.9. The average Bonchev–Trinajstić information content (AvgIpc) is 2.65. The molecule has 2 N–H and O–H groups in total. The minimum absolute atomic E-state index is 0.162. The van der Waals surface area contributed by atoms with E-state index in [9.17, 15) is 4.39 Å². The SMILES string of the molecule is CN=C(NCCCc1cccc(OC)c1)NCCc1ccccc1F. The summed E-state index contributed by atoms with van der Waals surface area (Å²) in [5.41, 5.74) is 1.96. The normalized spacial score (nSPS) is 11.2. The van der Waals surface area contributed by atoms with Crippen LogP contribution in [0.15, 0.2) is 53.5 Å². The number of methoxy groups -OCH3 is 1. The summed E-state index contributed by atoms with van der Waals surface area (Å²) in [5, 5.41) is 6.50. The van der Waals surface area contributed by atoms with Gasteiger partial charge in [-0.2, -0.15) is 0 Å².